The van der Waals surface area contributed by atoms with Gasteiger partial charge in [0.1, 0.15) is 5.82 Å². The van der Waals surface area contributed by atoms with Gasteiger partial charge in [-0.1, -0.05) is 11.6 Å². The van der Waals surface area contributed by atoms with E-state index in [1.807, 2.05) is 4.90 Å². The predicted molar refractivity (Wildman–Crippen MR) is 84.1 cm³/mol. The van der Waals surface area contributed by atoms with Crippen molar-refractivity contribution in [1.82, 2.24) is 4.90 Å². The number of aliphatic carboxylic acids is 1. The van der Waals surface area contributed by atoms with Gasteiger partial charge in [-0.05, 0) is 44.0 Å². The molecule has 0 saturated carbocycles. The Hall–Kier alpha value is -1.66. The van der Waals surface area contributed by atoms with Gasteiger partial charge in [-0.3, -0.25) is 14.5 Å². The van der Waals surface area contributed by atoms with Crippen LogP contribution in [0.15, 0.2) is 18.2 Å². The maximum Gasteiger partial charge on any atom is 0.307 e. The lowest BCUT2D eigenvalue weighted by atomic mass is 9.96. The van der Waals surface area contributed by atoms with Crippen molar-refractivity contribution in [3.05, 3.63) is 29.0 Å². The monoisotopic (exact) mass is 340 g/mol. The molecule has 1 aromatic carbocycles. The van der Waals surface area contributed by atoms with Crippen molar-refractivity contribution in [3.63, 3.8) is 0 Å². The zero-order valence-corrected chi connectivity index (χ0v) is 13.3. The number of nitrogens with zero attached hydrogens (tertiary/aromatic N) is 2. The van der Waals surface area contributed by atoms with Gasteiger partial charge in [0.25, 0.3) is 0 Å². The number of piperidine rings is 1. The number of benzene rings is 1. The van der Waals surface area contributed by atoms with Crippen LogP contribution in [-0.4, -0.2) is 47.6 Å². The molecule has 2 aliphatic rings. The number of carbonyl (C=O) groups is 2. The van der Waals surface area contributed by atoms with E-state index in [0.29, 0.717) is 31.6 Å². The minimum atomic E-state index is -0.803. The van der Waals surface area contributed by atoms with Crippen molar-refractivity contribution in [1.29, 1.82) is 0 Å². The molecule has 1 amide bonds. The van der Waals surface area contributed by atoms with Crippen LogP contribution in [0.4, 0.5) is 10.1 Å². The average Bonchev–Trinajstić information content (AvgIpc) is 2.92. The lowest BCUT2D eigenvalue weighted by Crippen LogP contribution is -2.48. The minimum absolute atomic E-state index is 0.0114. The molecule has 0 aliphatic carbocycles. The molecule has 5 nitrogen and oxygen atoms in total. The van der Waals surface area contributed by atoms with Crippen molar-refractivity contribution in [2.75, 3.05) is 24.5 Å². The number of carbonyl (C=O) groups excluding carboxylic acids is 1. The third-order valence-corrected chi connectivity index (χ3v) is 4.92. The largest absolute Gasteiger partial charge is 0.481 e. The summed E-state index contributed by atoms with van der Waals surface area (Å²) >= 11 is 5.79. The van der Waals surface area contributed by atoms with Gasteiger partial charge in [-0.15, -0.1) is 0 Å². The Kier molecular flexibility index (Phi) is 4.55. The number of carboxylic acids is 1. The molecule has 23 heavy (non-hydrogen) atoms. The van der Waals surface area contributed by atoms with Crippen molar-refractivity contribution in [2.24, 2.45) is 5.92 Å². The normalized spacial score (nSPS) is 25.8. The van der Waals surface area contributed by atoms with E-state index in [2.05, 4.69) is 0 Å². The number of hydrogen-bond donors (Lipinski definition) is 1. The van der Waals surface area contributed by atoms with Gasteiger partial charge in [0.2, 0.25) is 5.91 Å². The SMILES string of the molecule is O=C(O)C1CCCN(C2CCN(c3ccc(F)c(Cl)c3)C2=O)C1. The molecular weight excluding hydrogens is 323 g/mol. The highest BCUT2D eigenvalue weighted by atomic mass is 35.5. The Balaban J connectivity index is 1.73. The standard InChI is InChI=1S/C16H18ClFN2O3/c17-12-8-11(3-4-13(12)18)20-7-5-14(15(20)21)19-6-1-2-10(9-19)16(22)23/h3-4,8,10,14H,1-2,5-7,9H2,(H,22,23). The molecule has 1 aromatic rings. The van der Waals surface area contributed by atoms with E-state index < -0.39 is 17.7 Å². The first kappa shape index (κ1) is 16.2. The van der Waals surface area contributed by atoms with Crippen molar-refractivity contribution in [2.45, 2.75) is 25.3 Å². The Bertz CT molecular complexity index is 640. The van der Waals surface area contributed by atoms with E-state index in [1.165, 1.54) is 18.2 Å². The minimum Gasteiger partial charge on any atom is -0.481 e. The number of halogens is 2. The third-order valence-electron chi connectivity index (χ3n) is 4.63. The first-order chi connectivity index (χ1) is 11.0. The van der Waals surface area contributed by atoms with Crippen LogP contribution in [0.1, 0.15) is 19.3 Å². The quantitative estimate of drug-likeness (QED) is 0.917. The Morgan fingerprint density at radius 1 is 1.30 bits per heavy atom. The molecule has 2 heterocycles. The highest BCUT2D eigenvalue weighted by molar-refractivity contribution is 6.31. The topological polar surface area (TPSA) is 60.9 Å². The van der Waals surface area contributed by atoms with Crippen LogP contribution in [0, 0.1) is 11.7 Å². The maximum atomic E-state index is 13.3. The van der Waals surface area contributed by atoms with E-state index in [0.717, 1.165) is 13.0 Å². The highest BCUT2D eigenvalue weighted by Crippen LogP contribution is 2.30. The molecule has 1 N–H and O–H groups in total. The summed E-state index contributed by atoms with van der Waals surface area (Å²) < 4.78 is 13.3. The lowest BCUT2D eigenvalue weighted by molar-refractivity contribution is -0.144. The summed E-state index contributed by atoms with van der Waals surface area (Å²) in [5, 5.41) is 9.17. The summed E-state index contributed by atoms with van der Waals surface area (Å²) in [6, 6.07) is 3.94. The highest BCUT2D eigenvalue weighted by Gasteiger charge is 2.39. The van der Waals surface area contributed by atoms with Crippen molar-refractivity contribution >= 4 is 29.2 Å². The average molecular weight is 341 g/mol. The second kappa shape index (κ2) is 6.45. The number of anilines is 1. The summed E-state index contributed by atoms with van der Waals surface area (Å²) in [6.07, 6.45) is 2.08. The van der Waals surface area contributed by atoms with Crippen LogP contribution < -0.4 is 4.90 Å². The molecule has 124 valence electrons. The maximum absolute atomic E-state index is 13.3. The smallest absolute Gasteiger partial charge is 0.307 e. The molecule has 7 heteroatoms. The number of amides is 1. The number of hydrogen-bond acceptors (Lipinski definition) is 3. The fourth-order valence-electron chi connectivity index (χ4n) is 3.40. The molecule has 2 atom stereocenters. The number of likely N-dealkylation sites (tertiary alicyclic amines) is 1. The summed E-state index contributed by atoms with van der Waals surface area (Å²) in [5.74, 6) is -1.80. The predicted octanol–water partition coefficient (Wildman–Crippen LogP) is 2.38. The molecule has 0 radical (unpaired) electrons. The first-order valence-corrected chi connectivity index (χ1v) is 8.08. The van der Waals surface area contributed by atoms with Gasteiger partial charge < -0.3 is 10.0 Å². The number of rotatable bonds is 3. The fourth-order valence-corrected chi connectivity index (χ4v) is 3.58. The zero-order valence-electron chi connectivity index (χ0n) is 12.5. The molecular formula is C16H18ClFN2O3. The van der Waals surface area contributed by atoms with E-state index in [1.54, 1.807) is 4.90 Å². The molecule has 0 bridgehead atoms. The van der Waals surface area contributed by atoms with E-state index in [4.69, 9.17) is 11.6 Å². The third kappa shape index (κ3) is 3.19. The number of carboxylic acid groups (broad SMARTS) is 1. The van der Waals surface area contributed by atoms with Crippen LogP contribution in [-0.2, 0) is 9.59 Å². The molecule has 0 spiro atoms. The van der Waals surface area contributed by atoms with Gasteiger partial charge >= 0.3 is 5.97 Å². The first-order valence-electron chi connectivity index (χ1n) is 7.70. The van der Waals surface area contributed by atoms with Gasteiger partial charge in [0, 0.05) is 18.8 Å². The van der Waals surface area contributed by atoms with Gasteiger partial charge in [-0.2, -0.15) is 0 Å². The van der Waals surface area contributed by atoms with Gasteiger partial charge in [0.05, 0.1) is 17.0 Å². The second-order valence-electron chi connectivity index (χ2n) is 6.07. The van der Waals surface area contributed by atoms with Gasteiger partial charge in [0.15, 0.2) is 0 Å². The Morgan fingerprint density at radius 2 is 2.09 bits per heavy atom. The summed E-state index contributed by atoms with van der Waals surface area (Å²) in [5.41, 5.74) is 0.579. The van der Waals surface area contributed by atoms with E-state index >= 15 is 0 Å². The molecule has 2 unspecified atom stereocenters. The molecule has 2 fully saturated rings. The Labute approximate surface area is 138 Å². The van der Waals surface area contributed by atoms with Crippen LogP contribution in [0.2, 0.25) is 5.02 Å². The van der Waals surface area contributed by atoms with Crippen LogP contribution >= 0.6 is 11.6 Å². The van der Waals surface area contributed by atoms with Gasteiger partial charge in [-0.25, -0.2) is 4.39 Å². The Morgan fingerprint density at radius 3 is 2.78 bits per heavy atom. The van der Waals surface area contributed by atoms with Crippen LogP contribution in [0.5, 0.6) is 0 Å². The van der Waals surface area contributed by atoms with Crippen LogP contribution in [0.3, 0.4) is 0 Å². The lowest BCUT2D eigenvalue weighted by Gasteiger charge is -2.34. The molecule has 2 aliphatic heterocycles. The zero-order chi connectivity index (χ0) is 16.6. The van der Waals surface area contributed by atoms with E-state index in [9.17, 15) is 19.1 Å². The van der Waals surface area contributed by atoms with Crippen molar-refractivity contribution in [3.8, 4) is 0 Å². The summed E-state index contributed by atoms with van der Waals surface area (Å²) in [6.45, 7) is 1.67. The fraction of sp³-hybridized carbons (Fsp3) is 0.500. The molecule has 3 rings (SSSR count). The van der Waals surface area contributed by atoms with Crippen molar-refractivity contribution < 1.29 is 19.1 Å². The summed E-state index contributed by atoms with van der Waals surface area (Å²) in [4.78, 5) is 27.4. The molecule has 2 saturated heterocycles. The molecule has 0 aromatic heterocycles. The van der Waals surface area contributed by atoms with E-state index in [-0.39, 0.29) is 17.0 Å². The van der Waals surface area contributed by atoms with Crippen LogP contribution in [0.25, 0.3) is 0 Å². The summed E-state index contributed by atoms with van der Waals surface area (Å²) in [7, 11) is 0. The second-order valence-corrected chi connectivity index (χ2v) is 6.47.